The lowest BCUT2D eigenvalue weighted by atomic mass is 9.86. The van der Waals surface area contributed by atoms with Crippen molar-refractivity contribution in [2.24, 2.45) is 17.6 Å². The molecule has 0 fully saturated rings. The number of carbonyl (C=O) groups excluding carboxylic acids is 1. The van der Waals surface area contributed by atoms with E-state index in [0.29, 0.717) is 12.5 Å². The minimum absolute atomic E-state index is 0.105. The zero-order chi connectivity index (χ0) is 12.1. The maximum absolute atomic E-state index is 11.5. The molecule has 1 unspecified atom stereocenters. The van der Waals surface area contributed by atoms with Gasteiger partial charge < -0.3 is 15.8 Å². The number of hydrogen-bond acceptors (Lipinski definition) is 3. The molecule has 0 saturated carbocycles. The molecule has 0 aliphatic carbocycles. The van der Waals surface area contributed by atoms with Gasteiger partial charge >= 0.3 is 0 Å². The predicted octanol–water partition coefficient (Wildman–Crippen LogP) is 0.759. The summed E-state index contributed by atoms with van der Waals surface area (Å²) in [6.45, 7) is 9.18. The van der Waals surface area contributed by atoms with Crippen LogP contribution < -0.4 is 11.1 Å². The van der Waals surface area contributed by atoms with Gasteiger partial charge in [0.25, 0.3) is 0 Å². The van der Waals surface area contributed by atoms with Gasteiger partial charge in [-0.05, 0) is 18.4 Å². The zero-order valence-corrected chi connectivity index (χ0v) is 10.5. The highest BCUT2D eigenvalue weighted by Gasteiger charge is 2.39. The van der Waals surface area contributed by atoms with Crippen LogP contribution in [0.5, 0.6) is 0 Å². The lowest BCUT2D eigenvalue weighted by molar-refractivity contribution is -0.129. The van der Waals surface area contributed by atoms with Crippen LogP contribution in [-0.4, -0.2) is 31.7 Å². The largest absolute Gasteiger partial charge is 0.382 e. The van der Waals surface area contributed by atoms with Crippen molar-refractivity contribution < 1.29 is 9.53 Å². The van der Waals surface area contributed by atoms with E-state index in [4.69, 9.17) is 10.5 Å². The van der Waals surface area contributed by atoms with Gasteiger partial charge in [0.15, 0.2) is 0 Å². The molecule has 90 valence electrons. The second kappa shape index (κ2) is 6.08. The van der Waals surface area contributed by atoms with E-state index in [2.05, 4.69) is 19.2 Å². The molecule has 0 aliphatic heterocycles. The van der Waals surface area contributed by atoms with E-state index in [1.165, 1.54) is 0 Å². The van der Waals surface area contributed by atoms with Gasteiger partial charge in [0.05, 0.1) is 6.61 Å². The molecule has 0 spiro atoms. The van der Waals surface area contributed by atoms with E-state index >= 15 is 0 Å². The first-order chi connectivity index (χ1) is 6.86. The number of carbonyl (C=O) groups is 1. The third kappa shape index (κ3) is 3.80. The van der Waals surface area contributed by atoms with Crippen molar-refractivity contribution in [1.29, 1.82) is 0 Å². The quantitative estimate of drug-likeness (QED) is 0.660. The third-order valence-corrected chi connectivity index (χ3v) is 2.62. The van der Waals surface area contributed by atoms with Crippen LogP contribution >= 0.6 is 0 Å². The molecule has 0 heterocycles. The summed E-state index contributed by atoms with van der Waals surface area (Å²) in [6.07, 6.45) is 0. The van der Waals surface area contributed by atoms with E-state index in [1.807, 2.05) is 13.8 Å². The van der Waals surface area contributed by atoms with Crippen LogP contribution in [0, 0.1) is 11.8 Å². The number of primary amides is 1. The van der Waals surface area contributed by atoms with Crippen molar-refractivity contribution >= 4 is 5.91 Å². The van der Waals surface area contributed by atoms with Gasteiger partial charge in [0.1, 0.15) is 5.54 Å². The summed E-state index contributed by atoms with van der Waals surface area (Å²) in [6, 6.07) is 0. The molecule has 1 amide bonds. The fraction of sp³-hybridized carbons (Fsp3) is 0.909. The normalized spacial score (nSPS) is 15.7. The molecule has 15 heavy (non-hydrogen) atoms. The van der Waals surface area contributed by atoms with E-state index in [-0.39, 0.29) is 11.8 Å². The maximum Gasteiger partial charge on any atom is 0.240 e. The lowest BCUT2D eigenvalue weighted by Crippen LogP contribution is -2.62. The van der Waals surface area contributed by atoms with Gasteiger partial charge in [0.2, 0.25) is 5.91 Å². The Kier molecular flexibility index (Phi) is 5.83. The molecular weight excluding hydrogens is 192 g/mol. The van der Waals surface area contributed by atoms with Crippen molar-refractivity contribution in [3.63, 3.8) is 0 Å². The standard InChI is InChI=1S/C11H24N2O2/c1-8(2)6-13-11(7-15-5,9(3)4)10(12)14/h8-9,13H,6-7H2,1-5H3,(H2,12,14). The molecule has 4 heteroatoms. The first-order valence-electron chi connectivity index (χ1n) is 5.40. The molecule has 0 bridgehead atoms. The second-order valence-corrected chi connectivity index (χ2v) is 4.70. The average molecular weight is 216 g/mol. The Morgan fingerprint density at radius 2 is 1.93 bits per heavy atom. The summed E-state index contributed by atoms with van der Waals surface area (Å²) in [5, 5.41) is 3.23. The topological polar surface area (TPSA) is 64.3 Å². The smallest absolute Gasteiger partial charge is 0.240 e. The molecule has 1 atom stereocenters. The average Bonchev–Trinajstić information content (AvgIpc) is 2.10. The summed E-state index contributed by atoms with van der Waals surface area (Å²) < 4.78 is 5.10. The van der Waals surface area contributed by atoms with Gasteiger partial charge in [0, 0.05) is 7.11 Å². The van der Waals surface area contributed by atoms with Crippen LogP contribution in [-0.2, 0) is 9.53 Å². The number of ether oxygens (including phenoxy) is 1. The van der Waals surface area contributed by atoms with Gasteiger partial charge in [-0.3, -0.25) is 4.79 Å². The van der Waals surface area contributed by atoms with Gasteiger partial charge in [-0.2, -0.15) is 0 Å². The summed E-state index contributed by atoms with van der Waals surface area (Å²) in [7, 11) is 1.58. The molecule has 0 radical (unpaired) electrons. The maximum atomic E-state index is 11.5. The molecule has 0 aromatic rings. The van der Waals surface area contributed by atoms with Crippen LogP contribution in [0.2, 0.25) is 0 Å². The first kappa shape index (κ1) is 14.4. The fourth-order valence-electron chi connectivity index (χ4n) is 1.48. The fourth-order valence-corrected chi connectivity index (χ4v) is 1.48. The number of rotatable bonds is 7. The van der Waals surface area contributed by atoms with Gasteiger partial charge in [-0.1, -0.05) is 27.7 Å². The molecule has 0 aliphatic rings. The van der Waals surface area contributed by atoms with E-state index < -0.39 is 5.54 Å². The molecule has 0 aromatic carbocycles. The highest BCUT2D eigenvalue weighted by atomic mass is 16.5. The summed E-state index contributed by atoms with van der Waals surface area (Å²) in [5.41, 5.74) is 4.71. The number of nitrogens with one attached hydrogen (secondary N) is 1. The highest BCUT2D eigenvalue weighted by molar-refractivity contribution is 5.85. The number of nitrogens with two attached hydrogens (primary N) is 1. The van der Waals surface area contributed by atoms with Crippen molar-refractivity contribution in [2.45, 2.75) is 33.2 Å². The SMILES string of the molecule is COCC(NCC(C)C)(C(N)=O)C(C)C. The highest BCUT2D eigenvalue weighted by Crippen LogP contribution is 2.17. The van der Waals surface area contributed by atoms with Crippen molar-refractivity contribution in [3.8, 4) is 0 Å². The minimum atomic E-state index is -0.751. The van der Waals surface area contributed by atoms with Crippen LogP contribution in [0.15, 0.2) is 0 Å². The predicted molar refractivity (Wildman–Crippen MR) is 61.5 cm³/mol. The molecule has 4 nitrogen and oxygen atoms in total. The Morgan fingerprint density at radius 3 is 2.20 bits per heavy atom. The zero-order valence-electron chi connectivity index (χ0n) is 10.5. The van der Waals surface area contributed by atoms with Gasteiger partial charge in [-0.25, -0.2) is 0 Å². The van der Waals surface area contributed by atoms with Crippen LogP contribution in [0.4, 0.5) is 0 Å². The monoisotopic (exact) mass is 216 g/mol. The Morgan fingerprint density at radius 1 is 1.40 bits per heavy atom. The van der Waals surface area contributed by atoms with Crippen LogP contribution in [0.1, 0.15) is 27.7 Å². The van der Waals surface area contributed by atoms with E-state index in [9.17, 15) is 4.79 Å². The summed E-state index contributed by atoms with van der Waals surface area (Å²) in [4.78, 5) is 11.5. The first-order valence-corrected chi connectivity index (χ1v) is 5.40. The Labute approximate surface area is 92.6 Å². The third-order valence-electron chi connectivity index (χ3n) is 2.62. The summed E-state index contributed by atoms with van der Waals surface area (Å²) in [5.74, 6) is 0.230. The van der Waals surface area contributed by atoms with Crippen molar-refractivity contribution in [1.82, 2.24) is 5.32 Å². The number of hydrogen-bond donors (Lipinski definition) is 2. The van der Waals surface area contributed by atoms with Crippen molar-refractivity contribution in [2.75, 3.05) is 20.3 Å². The summed E-state index contributed by atoms with van der Waals surface area (Å²) >= 11 is 0. The van der Waals surface area contributed by atoms with Crippen molar-refractivity contribution in [3.05, 3.63) is 0 Å². The van der Waals surface area contributed by atoms with Crippen LogP contribution in [0.25, 0.3) is 0 Å². The molecule has 0 rings (SSSR count). The Hall–Kier alpha value is -0.610. The molecular formula is C11H24N2O2. The minimum Gasteiger partial charge on any atom is -0.382 e. The Bertz CT molecular complexity index is 205. The number of methoxy groups -OCH3 is 1. The molecule has 0 aromatic heterocycles. The molecule has 3 N–H and O–H groups in total. The van der Waals surface area contributed by atoms with E-state index in [0.717, 1.165) is 6.54 Å². The number of amides is 1. The lowest BCUT2D eigenvalue weighted by Gasteiger charge is -2.35. The van der Waals surface area contributed by atoms with Gasteiger partial charge in [-0.15, -0.1) is 0 Å². The second-order valence-electron chi connectivity index (χ2n) is 4.70. The van der Waals surface area contributed by atoms with E-state index in [1.54, 1.807) is 7.11 Å². The Balaban J connectivity index is 4.71. The molecule has 0 saturated heterocycles. The van der Waals surface area contributed by atoms with Crippen LogP contribution in [0.3, 0.4) is 0 Å².